The quantitative estimate of drug-likeness (QED) is 0.328. The fourth-order valence-corrected chi connectivity index (χ4v) is 5.06. The van der Waals surface area contributed by atoms with Crippen LogP contribution < -0.4 is 14.4 Å². The number of methoxy groups -OCH3 is 1. The van der Waals surface area contributed by atoms with Crippen molar-refractivity contribution in [2.24, 2.45) is 0 Å². The highest BCUT2D eigenvalue weighted by atomic mass is 32.2. The predicted octanol–water partition coefficient (Wildman–Crippen LogP) is 4.37. The molecule has 0 unspecified atom stereocenters. The summed E-state index contributed by atoms with van der Waals surface area (Å²) < 4.78 is 33.3. The van der Waals surface area contributed by atoms with Crippen LogP contribution in [0.2, 0.25) is 0 Å². The molecule has 0 heterocycles. The number of benzene rings is 3. The number of carbonyl (C=O) groups is 1. The second-order valence-corrected chi connectivity index (χ2v) is 9.72. The number of nitro benzene ring substituents is 1. The number of nitrogens with one attached hydrogen (secondary N) is 1. The SMILES string of the molecule is CC[C@@H](NC(=O)CN(c1ccc(OC)cc1)S(=O)(=O)c1ccc(C)c([N+](=O)[O-])c1)c1ccccc1. The molecule has 3 aromatic rings. The third-order valence-corrected chi connectivity index (χ3v) is 7.33. The molecular formula is C25H27N3O6S. The fraction of sp³-hybridized carbons (Fsp3) is 0.240. The Bertz CT molecular complexity index is 1290. The molecular weight excluding hydrogens is 470 g/mol. The van der Waals surface area contributed by atoms with Crippen LogP contribution in [0.4, 0.5) is 11.4 Å². The first-order valence-electron chi connectivity index (χ1n) is 10.9. The van der Waals surface area contributed by atoms with E-state index in [0.717, 1.165) is 15.9 Å². The minimum Gasteiger partial charge on any atom is -0.497 e. The zero-order valence-electron chi connectivity index (χ0n) is 19.7. The van der Waals surface area contributed by atoms with Crippen LogP contribution in [0.5, 0.6) is 5.75 Å². The van der Waals surface area contributed by atoms with Gasteiger partial charge in [-0.25, -0.2) is 8.42 Å². The lowest BCUT2D eigenvalue weighted by Crippen LogP contribution is -2.42. The number of nitro groups is 1. The molecule has 0 saturated carbocycles. The summed E-state index contributed by atoms with van der Waals surface area (Å²) in [5.74, 6) is -0.00152. The van der Waals surface area contributed by atoms with Crippen molar-refractivity contribution in [2.45, 2.75) is 31.2 Å². The van der Waals surface area contributed by atoms with Crippen LogP contribution in [-0.2, 0) is 14.8 Å². The Labute approximate surface area is 204 Å². The molecule has 0 aliphatic rings. The Balaban J connectivity index is 1.98. The van der Waals surface area contributed by atoms with Crippen molar-refractivity contribution in [3.05, 3.63) is 94.0 Å². The molecule has 1 atom stereocenters. The zero-order chi connectivity index (χ0) is 25.6. The van der Waals surface area contributed by atoms with Gasteiger partial charge in [-0.2, -0.15) is 0 Å². The minimum absolute atomic E-state index is 0.219. The van der Waals surface area contributed by atoms with Gasteiger partial charge in [0.1, 0.15) is 12.3 Å². The zero-order valence-corrected chi connectivity index (χ0v) is 20.5. The number of aryl methyl sites for hydroxylation is 1. The second kappa shape index (κ2) is 11.0. The van der Waals surface area contributed by atoms with E-state index in [1.807, 2.05) is 37.3 Å². The largest absolute Gasteiger partial charge is 0.497 e. The Hall–Kier alpha value is -3.92. The van der Waals surface area contributed by atoms with Crippen LogP contribution in [-0.4, -0.2) is 32.9 Å². The van der Waals surface area contributed by atoms with Crippen molar-refractivity contribution in [1.29, 1.82) is 0 Å². The molecule has 184 valence electrons. The highest BCUT2D eigenvalue weighted by Gasteiger charge is 2.30. The fourth-order valence-electron chi connectivity index (χ4n) is 3.61. The van der Waals surface area contributed by atoms with Crippen LogP contribution in [0.25, 0.3) is 0 Å². The van der Waals surface area contributed by atoms with Gasteiger partial charge in [0.2, 0.25) is 5.91 Å². The van der Waals surface area contributed by atoms with E-state index in [1.54, 1.807) is 12.1 Å². The van der Waals surface area contributed by atoms with Gasteiger partial charge in [0.05, 0.1) is 28.7 Å². The Kier molecular flexibility index (Phi) is 8.08. The standard InChI is InChI=1S/C25H27N3O6S/c1-4-23(19-8-6-5-7-9-19)26-25(29)17-27(20-11-13-21(34-3)14-12-20)35(32,33)22-15-10-18(2)24(16-22)28(30)31/h5-16,23H,4,17H2,1-3H3,(H,26,29)/t23-/m1/s1. The molecule has 0 radical (unpaired) electrons. The average molecular weight is 498 g/mol. The second-order valence-electron chi connectivity index (χ2n) is 7.85. The number of hydrogen-bond acceptors (Lipinski definition) is 6. The van der Waals surface area contributed by atoms with Gasteiger partial charge in [-0.3, -0.25) is 19.2 Å². The van der Waals surface area contributed by atoms with Gasteiger partial charge in [-0.15, -0.1) is 0 Å². The monoisotopic (exact) mass is 497 g/mol. The van der Waals surface area contributed by atoms with E-state index in [-0.39, 0.29) is 22.3 Å². The topological polar surface area (TPSA) is 119 Å². The van der Waals surface area contributed by atoms with Gasteiger partial charge in [0, 0.05) is 11.6 Å². The molecule has 0 spiro atoms. The maximum absolute atomic E-state index is 13.6. The molecule has 0 fully saturated rings. The first kappa shape index (κ1) is 25.7. The Morgan fingerprint density at radius 3 is 2.31 bits per heavy atom. The van der Waals surface area contributed by atoms with Gasteiger partial charge >= 0.3 is 0 Å². The number of anilines is 1. The number of sulfonamides is 1. The highest BCUT2D eigenvalue weighted by molar-refractivity contribution is 7.92. The van der Waals surface area contributed by atoms with Gasteiger partial charge in [0.15, 0.2) is 0 Å². The summed E-state index contributed by atoms with van der Waals surface area (Å²) in [5.41, 5.74) is 1.13. The first-order valence-corrected chi connectivity index (χ1v) is 12.4. The number of hydrogen-bond donors (Lipinski definition) is 1. The van der Waals surface area contributed by atoms with Crippen molar-refractivity contribution in [1.82, 2.24) is 5.32 Å². The smallest absolute Gasteiger partial charge is 0.273 e. The summed E-state index contributed by atoms with van der Waals surface area (Å²) in [7, 11) is -2.84. The molecule has 0 bridgehead atoms. The normalized spacial score (nSPS) is 12.0. The van der Waals surface area contributed by atoms with Crippen molar-refractivity contribution in [3.63, 3.8) is 0 Å². The first-order chi connectivity index (χ1) is 16.7. The maximum Gasteiger partial charge on any atom is 0.273 e. The van der Waals surface area contributed by atoms with E-state index < -0.39 is 27.4 Å². The van der Waals surface area contributed by atoms with Crippen LogP contribution in [0.3, 0.4) is 0 Å². The van der Waals surface area contributed by atoms with E-state index in [4.69, 9.17) is 4.74 Å². The third-order valence-electron chi connectivity index (χ3n) is 5.56. The van der Waals surface area contributed by atoms with Crippen LogP contribution in [0, 0.1) is 17.0 Å². The molecule has 9 nitrogen and oxygen atoms in total. The summed E-state index contributed by atoms with van der Waals surface area (Å²) in [6.45, 7) is 2.93. The molecule has 1 amide bonds. The highest BCUT2D eigenvalue weighted by Crippen LogP contribution is 2.29. The molecule has 0 saturated heterocycles. The molecule has 35 heavy (non-hydrogen) atoms. The van der Waals surface area contributed by atoms with E-state index in [2.05, 4.69) is 5.32 Å². The number of nitrogens with zero attached hydrogens (tertiary/aromatic N) is 2. The summed E-state index contributed by atoms with van der Waals surface area (Å²) >= 11 is 0. The lowest BCUT2D eigenvalue weighted by Gasteiger charge is -2.26. The van der Waals surface area contributed by atoms with Crippen molar-refractivity contribution in [3.8, 4) is 5.75 Å². The number of rotatable bonds is 10. The molecule has 3 rings (SSSR count). The van der Waals surface area contributed by atoms with Gasteiger partial charge in [-0.1, -0.05) is 43.3 Å². The van der Waals surface area contributed by atoms with Gasteiger partial charge < -0.3 is 10.1 Å². The number of ether oxygens (including phenoxy) is 1. The van der Waals surface area contributed by atoms with Gasteiger partial charge in [0.25, 0.3) is 15.7 Å². The van der Waals surface area contributed by atoms with Crippen LogP contribution in [0.15, 0.2) is 77.7 Å². The summed E-state index contributed by atoms with van der Waals surface area (Å²) in [4.78, 5) is 23.5. The average Bonchev–Trinajstić information content (AvgIpc) is 2.86. The van der Waals surface area contributed by atoms with E-state index in [1.165, 1.54) is 38.3 Å². The molecule has 0 aliphatic carbocycles. The Morgan fingerprint density at radius 1 is 1.09 bits per heavy atom. The third kappa shape index (κ3) is 5.96. The van der Waals surface area contributed by atoms with Crippen LogP contribution in [0.1, 0.15) is 30.5 Å². The molecule has 3 aromatic carbocycles. The lowest BCUT2D eigenvalue weighted by atomic mass is 10.0. The summed E-state index contributed by atoms with van der Waals surface area (Å²) in [6.07, 6.45) is 0.606. The van der Waals surface area contributed by atoms with Crippen molar-refractivity contribution >= 4 is 27.3 Å². The molecule has 10 heteroatoms. The van der Waals surface area contributed by atoms with E-state index in [9.17, 15) is 23.3 Å². The molecule has 1 N–H and O–H groups in total. The minimum atomic E-state index is -4.32. The number of amides is 1. The Morgan fingerprint density at radius 2 is 1.74 bits per heavy atom. The number of carbonyl (C=O) groups excluding carboxylic acids is 1. The summed E-state index contributed by atoms with van der Waals surface area (Å²) in [5, 5.41) is 14.3. The van der Waals surface area contributed by atoms with Crippen LogP contribution >= 0.6 is 0 Å². The lowest BCUT2D eigenvalue weighted by molar-refractivity contribution is -0.385. The van der Waals surface area contributed by atoms with E-state index in [0.29, 0.717) is 17.7 Å². The maximum atomic E-state index is 13.6. The predicted molar refractivity (Wildman–Crippen MR) is 133 cm³/mol. The van der Waals surface area contributed by atoms with Gasteiger partial charge in [-0.05, 0) is 49.2 Å². The van der Waals surface area contributed by atoms with Crippen molar-refractivity contribution in [2.75, 3.05) is 18.0 Å². The molecule has 0 aliphatic heterocycles. The molecule has 0 aromatic heterocycles. The van der Waals surface area contributed by atoms with E-state index >= 15 is 0 Å². The summed E-state index contributed by atoms with van der Waals surface area (Å²) in [6, 6.07) is 18.9. The van der Waals surface area contributed by atoms with Crippen molar-refractivity contribution < 1.29 is 22.9 Å².